The molecular formula is C30H46O5. The maximum Gasteiger partial charge on any atom is 0.331 e. The van der Waals surface area contributed by atoms with Gasteiger partial charge in [-0.05, 0) is 93.0 Å². The third-order valence-corrected chi connectivity index (χ3v) is 11.2. The van der Waals surface area contributed by atoms with Gasteiger partial charge in [-0.15, -0.1) is 0 Å². The Labute approximate surface area is 211 Å². The molecule has 8 atom stereocenters. The number of hydrogen-bond acceptors (Lipinski definition) is 4. The average molecular weight is 487 g/mol. The van der Waals surface area contributed by atoms with Crippen LogP contribution in [0, 0.1) is 34.0 Å². The summed E-state index contributed by atoms with van der Waals surface area (Å²) in [6.45, 7) is 12.7. The standard InChI is InChI=1S/C30H46O5/c1-17(27(34)35)15-24(31)26(33)18(2)21-12-14-30(6)23-9-8-22-19(7-10-25(32)28(22,3)4)16-20(23)11-13-29(21,30)5/h11,15,18,21,23-26,31-33H,7-10,12-14,16H2,1-6H3,(H,34,35). The highest BCUT2D eigenvalue weighted by atomic mass is 16.4. The molecule has 0 aromatic heterocycles. The number of aliphatic hydroxyl groups is 3. The molecule has 0 radical (unpaired) electrons. The lowest BCUT2D eigenvalue weighted by Crippen LogP contribution is -2.48. The summed E-state index contributed by atoms with van der Waals surface area (Å²) in [5.41, 5.74) is 4.65. The van der Waals surface area contributed by atoms with E-state index in [4.69, 9.17) is 5.11 Å². The molecule has 0 aliphatic heterocycles. The third-order valence-electron chi connectivity index (χ3n) is 11.2. The quantitative estimate of drug-likeness (QED) is 0.308. The van der Waals surface area contributed by atoms with Crippen LogP contribution in [-0.2, 0) is 4.79 Å². The summed E-state index contributed by atoms with van der Waals surface area (Å²) in [7, 11) is 0. The fraction of sp³-hybridized carbons (Fsp3) is 0.767. The molecule has 0 aromatic carbocycles. The summed E-state index contributed by atoms with van der Waals surface area (Å²) in [6, 6.07) is 0. The first-order valence-electron chi connectivity index (χ1n) is 13.6. The van der Waals surface area contributed by atoms with Crippen LogP contribution < -0.4 is 0 Å². The molecular weight excluding hydrogens is 440 g/mol. The summed E-state index contributed by atoms with van der Waals surface area (Å²) in [4.78, 5) is 11.2. The van der Waals surface area contributed by atoms with E-state index in [1.807, 2.05) is 6.92 Å². The smallest absolute Gasteiger partial charge is 0.331 e. The van der Waals surface area contributed by atoms with Gasteiger partial charge in [0.05, 0.1) is 18.3 Å². The van der Waals surface area contributed by atoms with Gasteiger partial charge in [0, 0.05) is 11.0 Å². The summed E-state index contributed by atoms with van der Waals surface area (Å²) < 4.78 is 0. The molecule has 0 amide bonds. The van der Waals surface area contributed by atoms with Crippen LogP contribution in [-0.4, -0.2) is 44.7 Å². The molecule has 0 saturated heterocycles. The first kappa shape index (κ1) is 26.6. The number of aliphatic carboxylic acids is 1. The number of carbonyl (C=O) groups is 1. The highest BCUT2D eigenvalue weighted by molar-refractivity contribution is 5.85. The van der Waals surface area contributed by atoms with Gasteiger partial charge in [0.25, 0.3) is 0 Å². The molecule has 4 aliphatic rings. The van der Waals surface area contributed by atoms with Crippen LogP contribution in [0.4, 0.5) is 0 Å². The van der Waals surface area contributed by atoms with Crippen molar-refractivity contribution in [1.29, 1.82) is 0 Å². The van der Waals surface area contributed by atoms with E-state index in [1.165, 1.54) is 18.6 Å². The van der Waals surface area contributed by atoms with Crippen molar-refractivity contribution in [2.24, 2.45) is 34.0 Å². The number of fused-ring (bicyclic) bond motifs is 3. The lowest BCUT2D eigenvalue weighted by molar-refractivity contribution is -0.132. The first-order valence-corrected chi connectivity index (χ1v) is 13.6. The topological polar surface area (TPSA) is 98.0 Å². The Hall–Kier alpha value is -1.43. The Balaban J connectivity index is 1.59. The number of carboxylic acids is 1. The Bertz CT molecular complexity index is 958. The largest absolute Gasteiger partial charge is 0.478 e. The number of hydrogen-bond donors (Lipinski definition) is 4. The summed E-state index contributed by atoms with van der Waals surface area (Å²) in [5.74, 6) is -0.476. The van der Waals surface area contributed by atoms with Crippen LogP contribution in [0.25, 0.3) is 0 Å². The third kappa shape index (κ3) is 4.16. The van der Waals surface area contributed by atoms with E-state index >= 15 is 0 Å². The minimum atomic E-state index is -1.19. The lowest BCUT2D eigenvalue weighted by Gasteiger charge is -2.54. The van der Waals surface area contributed by atoms with Gasteiger partial charge in [-0.25, -0.2) is 4.79 Å². The average Bonchev–Trinajstić information content (AvgIpc) is 2.94. The molecule has 1 saturated carbocycles. The molecule has 0 heterocycles. The zero-order chi connectivity index (χ0) is 25.9. The Morgan fingerprint density at radius 1 is 1.09 bits per heavy atom. The zero-order valence-electron chi connectivity index (χ0n) is 22.5. The second kappa shape index (κ2) is 9.15. The van der Waals surface area contributed by atoms with Crippen molar-refractivity contribution in [3.8, 4) is 0 Å². The van der Waals surface area contributed by atoms with Crippen LogP contribution in [0.5, 0.6) is 0 Å². The lowest BCUT2D eigenvalue weighted by atomic mass is 9.50. The predicted molar refractivity (Wildman–Crippen MR) is 138 cm³/mol. The van der Waals surface area contributed by atoms with Gasteiger partial charge in [-0.3, -0.25) is 0 Å². The summed E-state index contributed by atoms with van der Waals surface area (Å²) in [6.07, 6.45) is 9.47. The molecule has 0 aromatic rings. The van der Waals surface area contributed by atoms with Gasteiger partial charge < -0.3 is 20.4 Å². The molecule has 0 spiro atoms. The number of aliphatic hydroxyl groups excluding tert-OH is 3. The molecule has 4 rings (SSSR count). The van der Waals surface area contributed by atoms with E-state index in [0.717, 1.165) is 51.4 Å². The molecule has 4 N–H and O–H groups in total. The van der Waals surface area contributed by atoms with E-state index in [-0.39, 0.29) is 39.8 Å². The van der Waals surface area contributed by atoms with Crippen LogP contribution in [0.15, 0.2) is 34.4 Å². The second-order valence-electron chi connectivity index (χ2n) is 13.1. The molecule has 0 bridgehead atoms. The van der Waals surface area contributed by atoms with Crippen LogP contribution in [0.1, 0.15) is 92.9 Å². The van der Waals surface area contributed by atoms with Gasteiger partial charge in [-0.1, -0.05) is 57.4 Å². The van der Waals surface area contributed by atoms with Crippen molar-refractivity contribution in [1.82, 2.24) is 0 Å². The van der Waals surface area contributed by atoms with E-state index in [0.29, 0.717) is 5.92 Å². The summed E-state index contributed by atoms with van der Waals surface area (Å²) >= 11 is 0. The maximum absolute atomic E-state index is 11.2. The Morgan fingerprint density at radius 3 is 2.43 bits per heavy atom. The van der Waals surface area contributed by atoms with Gasteiger partial charge in [-0.2, -0.15) is 0 Å². The fourth-order valence-corrected chi connectivity index (χ4v) is 8.56. The maximum atomic E-state index is 11.2. The molecule has 5 heteroatoms. The monoisotopic (exact) mass is 486 g/mol. The van der Waals surface area contributed by atoms with Gasteiger partial charge in [0.15, 0.2) is 0 Å². The number of rotatable bonds is 5. The Kier molecular flexibility index (Phi) is 6.96. The molecule has 4 aliphatic carbocycles. The van der Waals surface area contributed by atoms with Gasteiger partial charge in [0.2, 0.25) is 0 Å². The van der Waals surface area contributed by atoms with Gasteiger partial charge >= 0.3 is 5.97 Å². The normalized spacial score (nSPS) is 39.5. The van der Waals surface area contributed by atoms with Gasteiger partial charge in [0.1, 0.15) is 0 Å². The Morgan fingerprint density at radius 2 is 1.77 bits per heavy atom. The first-order chi connectivity index (χ1) is 16.2. The molecule has 5 nitrogen and oxygen atoms in total. The van der Waals surface area contributed by atoms with Crippen LogP contribution in [0.3, 0.4) is 0 Å². The predicted octanol–water partition coefficient (Wildman–Crippen LogP) is 5.41. The van der Waals surface area contributed by atoms with Crippen LogP contribution >= 0.6 is 0 Å². The minimum absolute atomic E-state index is 0.00666. The van der Waals surface area contributed by atoms with E-state index < -0.39 is 18.2 Å². The molecule has 35 heavy (non-hydrogen) atoms. The highest BCUT2D eigenvalue weighted by Gasteiger charge is 2.61. The van der Waals surface area contributed by atoms with E-state index in [9.17, 15) is 20.1 Å². The van der Waals surface area contributed by atoms with Crippen molar-refractivity contribution in [3.63, 3.8) is 0 Å². The highest BCUT2D eigenvalue weighted by Crippen LogP contribution is 2.69. The number of carboxylic acid groups (broad SMARTS) is 1. The molecule has 196 valence electrons. The SMILES string of the molecule is CC(=CC(O)C(O)C(C)C1CCC2(C)C3CCC4=C(CCC(O)C4(C)C)CC3=CCC12C)C(=O)O. The minimum Gasteiger partial charge on any atom is -0.478 e. The van der Waals surface area contributed by atoms with Crippen molar-refractivity contribution >= 4 is 5.97 Å². The van der Waals surface area contributed by atoms with Crippen molar-refractivity contribution in [2.45, 2.75) is 111 Å². The number of allylic oxidation sites excluding steroid dienone is 3. The van der Waals surface area contributed by atoms with Crippen molar-refractivity contribution < 1.29 is 25.2 Å². The van der Waals surface area contributed by atoms with Crippen molar-refractivity contribution in [2.75, 3.05) is 0 Å². The second-order valence-corrected chi connectivity index (χ2v) is 13.1. The van der Waals surface area contributed by atoms with E-state index in [2.05, 4.69) is 33.8 Å². The fourth-order valence-electron chi connectivity index (χ4n) is 8.56. The van der Waals surface area contributed by atoms with Crippen molar-refractivity contribution in [3.05, 3.63) is 34.4 Å². The van der Waals surface area contributed by atoms with E-state index in [1.54, 1.807) is 11.1 Å². The summed E-state index contributed by atoms with van der Waals surface area (Å²) in [5, 5.41) is 41.5. The molecule has 1 fully saturated rings. The zero-order valence-corrected chi connectivity index (χ0v) is 22.5. The van der Waals surface area contributed by atoms with Crippen LogP contribution in [0.2, 0.25) is 0 Å². The molecule has 8 unspecified atom stereocenters.